The highest BCUT2D eigenvalue weighted by atomic mass is 16.8. The van der Waals surface area contributed by atoms with Gasteiger partial charge < -0.3 is 229 Å². The Morgan fingerprint density at radius 1 is 0.170 bits per heavy atom. The molecule has 0 bridgehead atoms. The number of hydrogen-bond donors (Lipinski definition) is 29. The zero-order valence-corrected chi connectivity index (χ0v) is 52.3. The van der Waals surface area contributed by atoms with Gasteiger partial charge in [0.15, 0.2) is 56.6 Å². The predicted octanol–water partition coefficient (Wildman–Crippen LogP) is -20.6. The minimum absolute atomic E-state index is 0.965. The van der Waals surface area contributed by atoms with Crippen LogP contribution in [0.15, 0.2) is 0 Å². The van der Waals surface area contributed by atoms with Crippen molar-refractivity contribution in [2.75, 3.05) is 59.5 Å². The van der Waals surface area contributed by atoms with E-state index in [0.717, 1.165) is 0 Å². The number of aliphatic hydroxyl groups excluding tert-OH is 29. The SMILES string of the molecule is OCC1O[C@H](OC2C(O)[C@H](O)C(CO)O[C@@H]2O[C@@H]2C(O)[C@H](OCC3O[C@@H](O)C(O)[C@@H](O[C@H]4OC(CO)[C@@H](O)C(O)C4O[C@H]4OC(CO)[C@@H](O)C(O)C4O[C@H]4OC(CO)[C@@H](O)C(O)C4O)[C@@H]3O)OC(CO[C@H]3OC(CO)[C@@H](O)[C@H](O)C3O[C@H]3OC(CO)[C@@H](O)[C@H](O)C3O)[C@H]2O)C(O)C(O)[C@@H]1O. The maximum atomic E-state index is 12.2. The van der Waals surface area contributed by atoms with E-state index in [1.807, 2.05) is 0 Å². The number of ether oxygens (including phenoxy) is 17. The molecule has 9 fully saturated rings. The Kier molecular flexibility index (Phi) is 29.2. The molecule has 9 rings (SSSR count). The van der Waals surface area contributed by atoms with Crippen molar-refractivity contribution in [3.63, 3.8) is 0 Å². The van der Waals surface area contributed by atoms with Crippen LogP contribution in [-0.4, -0.2) is 484 Å². The first-order chi connectivity index (χ1) is 47.4. The van der Waals surface area contributed by atoms with Crippen molar-refractivity contribution in [3.8, 4) is 0 Å². The van der Waals surface area contributed by atoms with E-state index in [-0.39, 0.29) is 0 Å². The van der Waals surface area contributed by atoms with Crippen molar-refractivity contribution >= 4 is 0 Å². The summed E-state index contributed by atoms with van der Waals surface area (Å²) >= 11 is 0. The molecule has 0 aromatic carbocycles. The number of hydrogen-bond acceptors (Lipinski definition) is 46. The lowest BCUT2D eigenvalue weighted by molar-refractivity contribution is -0.404. The van der Waals surface area contributed by atoms with Crippen LogP contribution in [0.25, 0.3) is 0 Å². The summed E-state index contributed by atoms with van der Waals surface area (Å²) < 4.78 is 97.2. The molecule has 46 nitrogen and oxygen atoms in total. The molecule has 0 aromatic rings. The molecule has 100 heavy (non-hydrogen) atoms. The molecule has 0 aromatic heterocycles. The summed E-state index contributed by atoms with van der Waals surface area (Å²) in [6, 6.07) is 0. The molecule has 0 radical (unpaired) electrons. The van der Waals surface area contributed by atoms with E-state index >= 15 is 0 Å². The van der Waals surface area contributed by atoms with Gasteiger partial charge in [-0.1, -0.05) is 0 Å². The molecule has 45 atom stereocenters. The van der Waals surface area contributed by atoms with E-state index in [1.165, 1.54) is 0 Å². The summed E-state index contributed by atoms with van der Waals surface area (Å²) in [6.45, 7) is -9.52. The maximum Gasteiger partial charge on any atom is 0.187 e. The van der Waals surface area contributed by atoms with E-state index in [0.29, 0.717) is 0 Å². The molecule has 9 heterocycles. The molecule has 584 valence electrons. The topological polar surface area (TPSA) is 744 Å². The lowest BCUT2D eigenvalue weighted by atomic mass is 9.95. The van der Waals surface area contributed by atoms with Crippen LogP contribution in [0.2, 0.25) is 0 Å². The fraction of sp³-hybridized carbons (Fsp3) is 1.00. The van der Waals surface area contributed by atoms with Gasteiger partial charge in [-0.3, -0.25) is 0 Å². The Morgan fingerprint density at radius 3 is 0.700 bits per heavy atom. The van der Waals surface area contributed by atoms with Crippen LogP contribution in [0, 0.1) is 0 Å². The van der Waals surface area contributed by atoms with Gasteiger partial charge in [-0.15, -0.1) is 0 Å². The van der Waals surface area contributed by atoms with Crippen LogP contribution in [-0.2, 0) is 80.5 Å². The van der Waals surface area contributed by atoms with Crippen molar-refractivity contribution in [1.82, 2.24) is 0 Å². The van der Waals surface area contributed by atoms with Crippen molar-refractivity contribution in [3.05, 3.63) is 0 Å². The van der Waals surface area contributed by atoms with E-state index in [9.17, 15) is 148 Å². The molecule has 0 aliphatic carbocycles. The average Bonchev–Trinajstić information content (AvgIpc) is 0.779. The molecular formula is C54H92O46. The fourth-order valence-electron chi connectivity index (χ4n) is 12.7. The molecule has 9 saturated heterocycles. The van der Waals surface area contributed by atoms with E-state index in [1.54, 1.807) is 0 Å². The van der Waals surface area contributed by atoms with Gasteiger partial charge in [0.05, 0.1) is 59.5 Å². The van der Waals surface area contributed by atoms with Crippen LogP contribution in [0.5, 0.6) is 0 Å². The van der Waals surface area contributed by atoms with Gasteiger partial charge in [0.2, 0.25) is 0 Å². The van der Waals surface area contributed by atoms with Crippen LogP contribution >= 0.6 is 0 Å². The third-order valence-electron chi connectivity index (χ3n) is 18.7. The summed E-state index contributed by atoms with van der Waals surface area (Å²) in [5, 5.41) is 314. The Hall–Kier alpha value is -1.84. The highest BCUT2D eigenvalue weighted by Crippen LogP contribution is 2.39. The zero-order valence-electron chi connectivity index (χ0n) is 52.3. The summed E-state index contributed by atoms with van der Waals surface area (Å²) in [4.78, 5) is 0. The monoisotopic (exact) mass is 1480 g/mol. The Balaban J connectivity index is 0.987. The van der Waals surface area contributed by atoms with E-state index < -0.39 is 336 Å². The lowest BCUT2D eigenvalue weighted by Gasteiger charge is -2.50. The first-order valence-electron chi connectivity index (χ1n) is 31.7. The van der Waals surface area contributed by atoms with Gasteiger partial charge in [-0.05, 0) is 0 Å². The van der Waals surface area contributed by atoms with Gasteiger partial charge >= 0.3 is 0 Å². The van der Waals surface area contributed by atoms with Gasteiger partial charge in [0, 0.05) is 0 Å². The van der Waals surface area contributed by atoms with Gasteiger partial charge in [0.25, 0.3) is 0 Å². The van der Waals surface area contributed by atoms with Crippen molar-refractivity contribution in [1.29, 1.82) is 0 Å². The molecule has 29 N–H and O–H groups in total. The van der Waals surface area contributed by atoms with Crippen LogP contribution < -0.4 is 0 Å². The maximum absolute atomic E-state index is 12.2. The quantitative estimate of drug-likeness (QED) is 0.0404. The van der Waals surface area contributed by atoms with E-state index in [2.05, 4.69) is 0 Å². The fourth-order valence-corrected chi connectivity index (χ4v) is 12.7. The molecule has 9 aliphatic heterocycles. The minimum atomic E-state index is -2.44. The summed E-state index contributed by atoms with van der Waals surface area (Å²) in [5.74, 6) is 0. The molecule has 23 unspecified atom stereocenters. The Morgan fingerprint density at radius 2 is 0.390 bits per heavy atom. The van der Waals surface area contributed by atoms with Gasteiger partial charge in [-0.2, -0.15) is 0 Å². The molecule has 0 spiro atoms. The zero-order chi connectivity index (χ0) is 73.4. The third-order valence-corrected chi connectivity index (χ3v) is 18.7. The first-order valence-corrected chi connectivity index (χ1v) is 31.7. The summed E-state index contributed by atoms with van der Waals surface area (Å²) in [7, 11) is 0. The van der Waals surface area contributed by atoms with Crippen LogP contribution in [0.4, 0.5) is 0 Å². The van der Waals surface area contributed by atoms with E-state index in [4.69, 9.17) is 80.5 Å². The second-order valence-corrected chi connectivity index (χ2v) is 25.3. The summed E-state index contributed by atoms with van der Waals surface area (Å²) in [6.07, 6.45) is -94.6. The van der Waals surface area contributed by atoms with Crippen molar-refractivity contribution in [2.24, 2.45) is 0 Å². The van der Waals surface area contributed by atoms with Crippen molar-refractivity contribution < 1.29 is 229 Å². The number of rotatable bonds is 25. The van der Waals surface area contributed by atoms with Crippen molar-refractivity contribution in [2.45, 2.75) is 276 Å². The van der Waals surface area contributed by atoms with Crippen LogP contribution in [0.3, 0.4) is 0 Å². The number of aliphatic hydroxyl groups is 29. The van der Waals surface area contributed by atoms with Crippen LogP contribution in [0.1, 0.15) is 0 Å². The molecular weight excluding hydrogens is 1380 g/mol. The smallest absolute Gasteiger partial charge is 0.187 e. The van der Waals surface area contributed by atoms with Gasteiger partial charge in [-0.25, -0.2) is 0 Å². The minimum Gasteiger partial charge on any atom is -0.394 e. The molecule has 46 heteroatoms. The van der Waals surface area contributed by atoms with Gasteiger partial charge in [0.1, 0.15) is 220 Å². The predicted molar refractivity (Wildman–Crippen MR) is 297 cm³/mol. The average molecular weight is 1480 g/mol. The second-order valence-electron chi connectivity index (χ2n) is 25.3. The highest BCUT2D eigenvalue weighted by molar-refractivity contribution is 5.02. The highest BCUT2D eigenvalue weighted by Gasteiger charge is 2.60. The standard InChI is InChI=1S/C54H92O46/c55-1-10-19(62)28(71)35(78)48(87-10)97-42-31(74)22(65)13(4-58)90-51(42)85-9-18-27(70)41(96-52-43(32(75)23(66)14(5-59)91-52)98-49-36(79)29(72)20(63)11(2-56)88-49)39(82)47(94-18)84-8-17-26(69)40(38(81)46(83)86-17)95-53-45(34(77)25(68)15(6-60)92-53)100-54-44(33(76)24(67)16(7-61)93-54)99-50-37(80)30(73)21(64)12(3-57)89-50/h10-83H,1-9H2/t10?,11?,12?,13?,14?,15?,16?,17?,18?,19-,20-,21-,22-,23-,24-,25-,26-,27-,28+,29?,30?,31+,32?,33?,34?,35?,36?,37?,38?,39?,40+,41+,42?,43?,44?,45?,46-,47-,48-,49-,50-,51+,52-,53-,54-/m1/s1. The Labute approximate surface area is 563 Å². The lowest BCUT2D eigenvalue weighted by Crippen LogP contribution is -2.68. The molecule has 0 saturated carbocycles. The normalized spacial score (nSPS) is 53.7. The molecule has 0 amide bonds. The summed E-state index contributed by atoms with van der Waals surface area (Å²) in [5.41, 5.74) is 0. The largest absolute Gasteiger partial charge is 0.394 e. The third kappa shape index (κ3) is 17.0. The Bertz CT molecular complexity index is 2450. The molecule has 9 aliphatic rings. The second kappa shape index (κ2) is 35.5. The first kappa shape index (κ1) is 82.2.